The van der Waals surface area contributed by atoms with Gasteiger partial charge in [0.15, 0.2) is 23.0 Å². The minimum Gasteiger partial charge on any atom is -0.493 e. The summed E-state index contributed by atoms with van der Waals surface area (Å²) in [5.41, 5.74) is -0.00165. The lowest BCUT2D eigenvalue weighted by Gasteiger charge is -2.35. The topological polar surface area (TPSA) is 119 Å². The van der Waals surface area contributed by atoms with Gasteiger partial charge >= 0.3 is 11.9 Å². The van der Waals surface area contributed by atoms with Gasteiger partial charge in [0.1, 0.15) is 24.1 Å². The van der Waals surface area contributed by atoms with E-state index in [4.69, 9.17) is 28.4 Å². The quantitative estimate of drug-likeness (QED) is 0.192. The smallest absolute Gasteiger partial charge is 0.309 e. The van der Waals surface area contributed by atoms with Crippen molar-refractivity contribution in [1.82, 2.24) is 4.98 Å². The average Bonchev–Trinajstić information content (AvgIpc) is 3.50. The van der Waals surface area contributed by atoms with Crippen LogP contribution in [0.5, 0.6) is 17.2 Å². The lowest BCUT2D eigenvalue weighted by molar-refractivity contribution is -0.173. The summed E-state index contributed by atoms with van der Waals surface area (Å²) in [6.07, 6.45) is 6.96. The van der Waals surface area contributed by atoms with Gasteiger partial charge in [0.2, 0.25) is 6.79 Å². The Labute approximate surface area is 247 Å². The summed E-state index contributed by atoms with van der Waals surface area (Å²) in [7, 11) is 1.43. The lowest BCUT2D eigenvalue weighted by atomic mass is 9.92. The number of nitrogens with zero attached hydrogens (tertiary/aromatic N) is 1. The molecular formula is C32H41NO9. The number of benzene rings is 1. The molecule has 2 aliphatic rings. The molecule has 4 atom stereocenters. The van der Waals surface area contributed by atoms with Crippen molar-refractivity contribution in [2.75, 3.05) is 13.9 Å². The average molecular weight is 584 g/mol. The molecule has 0 radical (unpaired) electrons. The summed E-state index contributed by atoms with van der Waals surface area (Å²) in [5, 5.41) is 0. The van der Waals surface area contributed by atoms with E-state index in [0.717, 1.165) is 44.3 Å². The van der Waals surface area contributed by atoms with Crippen molar-refractivity contribution in [2.45, 2.75) is 96.1 Å². The Hall–Kier alpha value is -3.66. The van der Waals surface area contributed by atoms with Crippen molar-refractivity contribution in [2.24, 2.45) is 5.92 Å². The van der Waals surface area contributed by atoms with Crippen molar-refractivity contribution < 1.29 is 42.8 Å². The van der Waals surface area contributed by atoms with Crippen LogP contribution in [0.4, 0.5) is 0 Å². The molecule has 0 bridgehead atoms. The molecule has 4 rings (SSSR count). The summed E-state index contributed by atoms with van der Waals surface area (Å²) in [5.74, 6) is -0.996. The molecular weight excluding hydrogens is 542 g/mol. The molecule has 42 heavy (non-hydrogen) atoms. The number of para-hydroxylation sites is 1. The fourth-order valence-corrected chi connectivity index (χ4v) is 5.52. The summed E-state index contributed by atoms with van der Waals surface area (Å²) in [6.45, 7) is 2.68. The third-order valence-corrected chi connectivity index (χ3v) is 7.69. The molecule has 1 saturated carbocycles. The first-order chi connectivity index (χ1) is 20.4. The Balaban J connectivity index is 1.49. The van der Waals surface area contributed by atoms with E-state index in [0.29, 0.717) is 12.8 Å². The van der Waals surface area contributed by atoms with Crippen LogP contribution in [0.1, 0.15) is 82.1 Å². The van der Waals surface area contributed by atoms with Crippen LogP contribution in [-0.2, 0) is 23.8 Å². The van der Waals surface area contributed by atoms with Gasteiger partial charge in [-0.25, -0.2) is 4.98 Å². The van der Waals surface area contributed by atoms with Crippen LogP contribution >= 0.6 is 0 Å². The number of cyclic esters (lactones) is 1. The number of esters is 2. The predicted octanol–water partition coefficient (Wildman–Crippen LogP) is 5.46. The molecule has 10 heteroatoms. The van der Waals surface area contributed by atoms with Crippen LogP contribution < -0.4 is 14.2 Å². The highest BCUT2D eigenvalue weighted by Gasteiger charge is 2.37. The standard InChI is InChI=1S/C32H41NO9/c1-21-30(42-25-14-8-9-15-25)28(41-24-12-5-4-6-13-24)16-10-7-11-23(32(36)40-21)19-26(35)29-31(39-20-38-22(2)34)27(37-3)17-18-33-29/h4-6,12-13,17-18,21,23,25,28,30H,7-11,14-16,19-20H2,1-3H3/t21-,23+,28-,30-/m0/s1. The summed E-state index contributed by atoms with van der Waals surface area (Å²) in [6, 6.07) is 11.2. The first-order valence-electron chi connectivity index (χ1n) is 14.8. The largest absolute Gasteiger partial charge is 0.493 e. The molecule has 0 N–H and O–H groups in total. The van der Waals surface area contributed by atoms with Gasteiger partial charge in [0, 0.05) is 25.6 Å². The van der Waals surface area contributed by atoms with E-state index < -0.39 is 42.6 Å². The molecule has 1 aromatic carbocycles. The number of carbonyl (C=O) groups excluding carboxylic acids is 3. The number of ether oxygens (including phenoxy) is 6. The van der Waals surface area contributed by atoms with Crippen LogP contribution in [-0.4, -0.2) is 61.0 Å². The van der Waals surface area contributed by atoms with Crippen LogP contribution in [0, 0.1) is 5.92 Å². The number of ketones is 1. The first kappa shape index (κ1) is 31.3. The Morgan fingerprint density at radius 2 is 1.71 bits per heavy atom. The zero-order valence-corrected chi connectivity index (χ0v) is 24.6. The van der Waals surface area contributed by atoms with Crippen molar-refractivity contribution in [1.29, 1.82) is 0 Å². The third-order valence-electron chi connectivity index (χ3n) is 7.69. The minimum atomic E-state index is -0.673. The number of Topliss-reactive ketones (excluding diaryl/α,β-unsaturated/α-hetero) is 1. The molecule has 0 unspecified atom stereocenters. The summed E-state index contributed by atoms with van der Waals surface area (Å²) in [4.78, 5) is 42.4. The van der Waals surface area contributed by atoms with Gasteiger partial charge in [-0.05, 0) is 51.2 Å². The number of hydrogen-bond donors (Lipinski definition) is 0. The van der Waals surface area contributed by atoms with Crippen LogP contribution in [0.15, 0.2) is 42.6 Å². The van der Waals surface area contributed by atoms with Crippen molar-refractivity contribution >= 4 is 17.7 Å². The van der Waals surface area contributed by atoms with E-state index in [1.54, 1.807) is 0 Å². The second-order valence-electron chi connectivity index (χ2n) is 10.8. The van der Waals surface area contributed by atoms with Gasteiger partial charge in [0.05, 0.1) is 19.1 Å². The van der Waals surface area contributed by atoms with E-state index in [1.807, 2.05) is 37.3 Å². The summed E-state index contributed by atoms with van der Waals surface area (Å²) >= 11 is 0. The highest BCUT2D eigenvalue weighted by Crippen LogP contribution is 2.33. The highest BCUT2D eigenvalue weighted by molar-refractivity contribution is 5.99. The number of rotatable bonds is 11. The Morgan fingerprint density at radius 3 is 2.43 bits per heavy atom. The fourth-order valence-electron chi connectivity index (χ4n) is 5.52. The van der Waals surface area contributed by atoms with Crippen LogP contribution in [0.25, 0.3) is 0 Å². The van der Waals surface area contributed by atoms with Gasteiger partial charge in [-0.1, -0.05) is 37.5 Å². The number of aromatic nitrogens is 1. The molecule has 2 aromatic rings. The maximum Gasteiger partial charge on any atom is 0.309 e. The molecule has 1 aromatic heterocycles. The number of hydrogen-bond acceptors (Lipinski definition) is 10. The van der Waals surface area contributed by atoms with Crippen molar-refractivity contribution in [3.8, 4) is 17.2 Å². The molecule has 1 saturated heterocycles. The monoisotopic (exact) mass is 583 g/mol. The number of carbonyl (C=O) groups is 3. The first-order valence-corrected chi connectivity index (χ1v) is 14.8. The molecule has 2 heterocycles. The van der Waals surface area contributed by atoms with E-state index in [2.05, 4.69) is 4.98 Å². The fraction of sp³-hybridized carbons (Fsp3) is 0.562. The minimum absolute atomic E-state index is 0.00165. The number of pyridine rings is 1. The number of methoxy groups -OCH3 is 1. The molecule has 228 valence electrons. The molecule has 2 fully saturated rings. The van der Waals surface area contributed by atoms with Gasteiger partial charge in [-0.2, -0.15) is 0 Å². The van der Waals surface area contributed by atoms with Gasteiger partial charge < -0.3 is 28.4 Å². The lowest BCUT2D eigenvalue weighted by Crippen LogP contribution is -2.46. The maximum absolute atomic E-state index is 13.5. The zero-order valence-electron chi connectivity index (χ0n) is 24.6. The molecule has 10 nitrogen and oxygen atoms in total. The van der Waals surface area contributed by atoms with Crippen LogP contribution in [0.2, 0.25) is 0 Å². The summed E-state index contributed by atoms with van der Waals surface area (Å²) < 4.78 is 34.7. The Bertz CT molecular complexity index is 1180. The molecule has 1 aliphatic carbocycles. The van der Waals surface area contributed by atoms with Crippen LogP contribution in [0.3, 0.4) is 0 Å². The van der Waals surface area contributed by atoms with E-state index in [9.17, 15) is 14.4 Å². The highest BCUT2D eigenvalue weighted by atomic mass is 16.7. The van der Waals surface area contributed by atoms with E-state index in [-0.39, 0.29) is 35.8 Å². The second-order valence-corrected chi connectivity index (χ2v) is 10.8. The van der Waals surface area contributed by atoms with Gasteiger partial charge in [-0.3, -0.25) is 14.4 Å². The molecule has 0 amide bonds. The molecule has 1 aliphatic heterocycles. The van der Waals surface area contributed by atoms with E-state index >= 15 is 0 Å². The maximum atomic E-state index is 13.5. The van der Waals surface area contributed by atoms with Crippen molar-refractivity contribution in [3.63, 3.8) is 0 Å². The normalized spacial score (nSPS) is 23.5. The molecule has 0 spiro atoms. The predicted molar refractivity (Wildman–Crippen MR) is 152 cm³/mol. The van der Waals surface area contributed by atoms with Gasteiger partial charge in [-0.15, -0.1) is 0 Å². The zero-order chi connectivity index (χ0) is 29.9. The second kappa shape index (κ2) is 15.5. The van der Waals surface area contributed by atoms with Crippen molar-refractivity contribution in [3.05, 3.63) is 48.3 Å². The Kier molecular flexibility index (Phi) is 11.6. The van der Waals surface area contributed by atoms with E-state index in [1.165, 1.54) is 26.3 Å². The SMILES string of the molecule is COc1ccnc(C(=O)C[C@H]2CCCC[C@H](Oc3ccccc3)[C@@H](OC3CCCC3)[C@H](C)OC2=O)c1OCOC(C)=O. The Morgan fingerprint density at radius 1 is 1.00 bits per heavy atom. The van der Waals surface area contributed by atoms with Gasteiger partial charge in [0.25, 0.3) is 0 Å². The third kappa shape index (κ3) is 8.67.